The number of rotatable bonds is 6. The second-order valence-corrected chi connectivity index (χ2v) is 7.87. The van der Waals surface area contributed by atoms with E-state index in [1.807, 2.05) is 0 Å². The topological polar surface area (TPSA) is 95.7 Å². The summed E-state index contributed by atoms with van der Waals surface area (Å²) in [6.07, 6.45) is -7.45. The molecule has 1 aromatic heterocycles. The number of hydrogen-bond donors (Lipinski definition) is 1. The molecule has 0 aliphatic carbocycles. The number of ether oxygens (including phenoxy) is 3. The van der Waals surface area contributed by atoms with Gasteiger partial charge in [0.2, 0.25) is 5.82 Å². The zero-order chi connectivity index (χ0) is 24.6. The van der Waals surface area contributed by atoms with E-state index in [4.69, 9.17) is 25.8 Å². The zero-order valence-corrected chi connectivity index (χ0v) is 18.7. The van der Waals surface area contributed by atoms with E-state index in [1.54, 1.807) is 18.2 Å². The molecular formula is C22H19ClF3N3O5. The van der Waals surface area contributed by atoms with Gasteiger partial charge < -0.3 is 19.3 Å². The van der Waals surface area contributed by atoms with Crippen LogP contribution in [0.1, 0.15) is 47.8 Å². The van der Waals surface area contributed by atoms with Gasteiger partial charge in [-0.3, -0.25) is 9.36 Å². The van der Waals surface area contributed by atoms with E-state index in [0.29, 0.717) is 22.6 Å². The van der Waals surface area contributed by atoms with Crippen molar-refractivity contribution in [1.82, 2.24) is 14.8 Å². The summed E-state index contributed by atoms with van der Waals surface area (Å²) in [4.78, 5) is 11.3. The van der Waals surface area contributed by atoms with Crippen molar-refractivity contribution < 1.29 is 37.3 Å². The van der Waals surface area contributed by atoms with Crippen LogP contribution in [0.5, 0.6) is 11.5 Å². The summed E-state index contributed by atoms with van der Waals surface area (Å²) >= 11 is 6.23. The van der Waals surface area contributed by atoms with E-state index in [2.05, 4.69) is 10.2 Å². The molecule has 0 bridgehead atoms. The maximum atomic E-state index is 13.9. The lowest BCUT2D eigenvalue weighted by atomic mass is 9.98. The lowest BCUT2D eigenvalue weighted by Gasteiger charge is -2.24. The minimum absolute atomic E-state index is 0.101. The molecule has 0 fully saturated rings. The Bertz CT molecular complexity index is 1230. The van der Waals surface area contributed by atoms with Crippen LogP contribution in [0, 0.1) is 0 Å². The number of aliphatic carboxylic acids is 1. The molecule has 0 saturated carbocycles. The summed E-state index contributed by atoms with van der Waals surface area (Å²) in [5, 5.41) is 16.6. The molecule has 2 atom stereocenters. The molecule has 0 spiro atoms. The average molecular weight is 498 g/mol. The van der Waals surface area contributed by atoms with Gasteiger partial charge in [-0.25, -0.2) is 0 Å². The Labute approximate surface area is 196 Å². The Balaban J connectivity index is 2.00. The summed E-state index contributed by atoms with van der Waals surface area (Å²) in [7, 11) is 2.88. The van der Waals surface area contributed by atoms with Gasteiger partial charge in [-0.05, 0) is 30.7 Å². The molecule has 2 heterocycles. The fourth-order valence-electron chi connectivity index (χ4n) is 3.97. The molecule has 4 rings (SSSR count). The lowest BCUT2D eigenvalue weighted by molar-refractivity contribution is -0.146. The zero-order valence-electron chi connectivity index (χ0n) is 18.0. The molecule has 1 aliphatic rings. The molecular weight excluding hydrogens is 479 g/mol. The molecule has 3 aromatic rings. The van der Waals surface area contributed by atoms with Gasteiger partial charge in [-0.15, -0.1) is 10.2 Å². The summed E-state index contributed by atoms with van der Waals surface area (Å²) in [5.41, 5.74) is 0.853. The summed E-state index contributed by atoms with van der Waals surface area (Å²) < 4.78 is 59.6. The third kappa shape index (κ3) is 4.28. The number of halogens is 4. The van der Waals surface area contributed by atoms with Gasteiger partial charge in [-0.1, -0.05) is 23.7 Å². The highest BCUT2D eigenvalue weighted by molar-refractivity contribution is 6.30. The molecule has 0 unspecified atom stereocenters. The monoisotopic (exact) mass is 497 g/mol. The molecule has 1 N–H and O–H groups in total. The van der Waals surface area contributed by atoms with Crippen LogP contribution in [0.3, 0.4) is 0 Å². The van der Waals surface area contributed by atoms with Crippen molar-refractivity contribution in [2.24, 2.45) is 0 Å². The van der Waals surface area contributed by atoms with Gasteiger partial charge >= 0.3 is 12.1 Å². The maximum absolute atomic E-state index is 13.9. The second kappa shape index (κ2) is 9.15. The summed E-state index contributed by atoms with van der Waals surface area (Å²) in [5.74, 6) is -1.86. The Morgan fingerprint density at radius 3 is 2.59 bits per heavy atom. The highest BCUT2D eigenvalue weighted by Gasteiger charge is 2.43. The standard InChI is InChI=1S/C22H19ClF3N3O5/c1-32-15-5-3-4-12(19(15)33-2)18-13-10-11(23)6-7-14(13)29-20(16(34-18)8-9-17(30)31)27-28-21(29)22(24,25)26/h3-7,10,16,18H,8-9H2,1-2H3,(H,30,31)/t16-,18-/m1/s1. The highest BCUT2D eigenvalue weighted by Crippen LogP contribution is 2.47. The number of benzene rings is 2. The van der Waals surface area contributed by atoms with E-state index >= 15 is 0 Å². The van der Waals surface area contributed by atoms with Gasteiger partial charge in [0.15, 0.2) is 17.3 Å². The molecule has 0 amide bonds. The van der Waals surface area contributed by atoms with Crippen LogP contribution in [-0.2, 0) is 15.7 Å². The minimum Gasteiger partial charge on any atom is -0.493 e. The number of carbonyl (C=O) groups is 1. The van der Waals surface area contributed by atoms with Crippen LogP contribution >= 0.6 is 11.6 Å². The largest absolute Gasteiger partial charge is 0.493 e. The maximum Gasteiger partial charge on any atom is 0.452 e. The van der Waals surface area contributed by atoms with Crippen LogP contribution < -0.4 is 9.47 Å². The Hall–Kier alpha value is -3.31. The number of aromatic nitrogens is 3. The average Bonchev–Trinajstić information content (AvgIpc) is 3.19. The number of carboxylic acid groups (broad SMARTS) is 1. The van der Waals surface area contributed by atoms with Crippen molar-refractivity contribution in [2.75, 3.05) is 14.2 Å². The molecule has 1 aliphatic heterocycles. The number of hydrogen-bond acceptors (Lipinski definition) is 6. The van der Waals surface area contributed by atoms with E-state index in [9.17, 15) is 23.1 Å². The summed E-state index contributed by atoms with van der Waals surface area (Å²) in [6.45, 7) is 0. The van der Waals surface area contributed by atoms with Crippen LogP contribution in [0.2, 0.25) is 5.02 Å². The first-order valence-corrected chi connectivity index (χ1v) is 10.4. The van der Waals surface area contributed by atoms with Crippen molar-refractivity contribution in [3.8, 4) is 17.2 Å². The predicted molar refractivity (Wildman–Crippen MR) is 113 cm³/mol. The van der Waals surface area contributed by atoms with Gasteiger partial charge in [0.05, 0.1) is 19.9 Å². The van der Waals surface area contributed by atoms with Crippen molar-refractivity contribution >= 4 is 17.6 Å². The van der Waals surface area contributed by atoms with Gasteiger partial charge in [0, 0.05) is 22.6 Å². The van der Waals surface area contributed by atoms with Crippen LogP contribution in [0.15, 0.2) is 36.4 Å². The normalized spacial score (nSPS) is 17.5. The molecule has 0 radical (unpaired) electrons. The van der Waals surface area contributed by atoms with E-state index in [-0.39, 0.29) is 29.4 Å². The molecule has 2 aromatic carbocycles. The first-order valence-electron chi connectivity index (χ1n) is 10.1. The van der Waals surface area contributed by atoms with E-state index < -0.39 is 30.2 Å². The molecule has 34 heavy (non-hydrogen) atoms. The molecule has 12 heteroatoms. The number of carboxylic acids is 1. The summed E-state index contributed by atoms with van der Waals surface area (Å²) in [6, 6.07) is 9.38. The molecule has 0 saturated heterocycles. The van der Waals surface area contributed by atoms with Gasteiger partial charge in [0.25, 0.3) is 0 Å². The van der Waals surface area contributed by atoms with E-state index in [1.165, 1.54) is 32.4 Å². The van der Waals surface area contributed by atoms with Crippen LogP contribution in [0.25, 0.3) is 5.69 Å². The molecule has 180 valence electrons. The lowest BCUT2D eigenvalue weighted by Crippen LogP contribution is -2.16. The van der Waals surface area contributed by atoms with Crippen molar-refractivity contribution in [3.63, 3.8) is 0 Å². The van der Waals surface area contributed by atoms with Crippen LogP contribution in [-0.4, -0.2) is 40.1 Å². The fourth-order valence-corrected chi connectivity index (χ4v) is 4.15. The third-order valence-electron chi connectivity index (χ3n) is 5.38. The van der Waals surface area contributed by atoms with Gasteiger partial charge in [-0.2, -0.15) is 13.2 Å². The fraction of sp³-hybridized carbons (Fsp3) is 0.318. The number of alkyl halides is 3. The molecule has 8 nitrogen and oxygen atoms in total. The first kappa shape index (κ1) is 23.8. The number of nitrogens with zero attached hydrogens (tertiary/aromatic N) is 3. The number of fused-ring (bicyclic) bond motifs is 3. The van der Waals surface area contributed by atoms with Gasteiger partial charge in [0.1, 0.15) is 12.2 Å². The van der Waals surface area contributed by atoms with E-state index in [0.717, 1.165) is 4.57 Å². The second-order valence-electron chi connectivity index (χ2n) is 7.44. The van der Waals surface area contributed by atoms with Crippen LogP contribution in [0.4, 0.5) is 13.2 Å². The SMILES string of the molecule is COc1cccc([C@H]2O[C@H](CCC(=O)O)c3nnc(C(F)(F)F)n3-c3ccc(Cl)cc32)c1OC. The van der Waals surface area contributed by atoms with Crippen molar-refractivity contribution in [2.45, 2.75) is 31.2 Å². The van der Waals surface area contributed by atoms with Crippen molar-refractivity contribution in [3.05, 3.63) is 64.2 Å². The quantitative estimate of drug-likeness (QED) is 0.513. The smallest absolute Gasteiger partial charge is 0.452 e. The number of methoxy groups -OCH3 is 2. The Morgan fingerprint density at radius 2 is 1.94 bits per heavy atom. The van der Waals surface area contributed by atoms with Crippen molar-refractivity contribution in [1.29, 1.82) is 0 Å². The Morgan fingerprint density at radius 1 is 1.18 bits per heavy atom. The predicted octanol–water partition coefficient (Wildman–Crippen LogP) is 4.98. The minimum atomic E-state index is -4.83. The third-order valence-corrected chi connectivity index (χ3v) is 5.61. The first-order chi connectivity index (χ1) is 16.2. The number of para-hydroxylation sites is 1. The Kier molecular flexibility index (Phi) is 6.41. The highest BCUT2D eigenvalue weighted by atomic mass is 35.5.